The molecule has 1 aliphatic heterocycles. The second-order valence-electron chi connectivity index (χ2n) is 5.31. The number of ether oxygens (including phenoxy) is 1. The number of nitrogens with one attached hydrogen (secondary N) is 1. The standard InChI is InChI=1S/C14H19FN4O/c1-19-12-7-10(6-11(15)13(12)14(16)18-19)20-8-9-2-4-17-5-3-9/h6-7,9,17H,2-5,8H2,1H3,(H2,16,18). The fraction of sp³-hybridized carbons (Fsp3) is 0.500. The van der Waals surface area contributed by atoms with Crippen LogP contribution in [0.5, 0.6) is 5.75 Å². The van der Waals surface area contributed by atoms with Crippen molar-refractivity contribution in [2.45, 2.75) is 12.8 Å². The Morgan fingerprint density at radius 3 is 2.95 bits per heavy atom. The third-order valence-corrected chi connectivity index (χ3v) is 3.85. The van der Waals surface area contributed by atoms with Gasteiger partial charge in [-0.1, -0.05) is 0 Å². The molecule has 1 aromatic carbocycles. The maximum absolute atomic E-state index is 14.1. The van der Waals surface area contributed by atoms with E-state index < -0.39 is 0 Å². The second kappa shape index (κ2) is 5.28. The Kier molecular flexibility index (Phi) is 3.48. The molecule has 3 N–H and O–H groups in total. The largest absolute Gasteiger partial charge is 0.493 e. The first kappa shape index (κ1) is 13.2. The van der Waals surface area contributed by atoms with Crippen LogP contribution in [0.2, 0.25) is 0 Å². The Balaban J connectivity index is 1.79. The van der Waals surface area contributed by atoms with E-state index in [1.807, 2.05) is 0 Å². The lowest BCUT2D eigenvalue weighted by Crippen LogP contribution is -2.30. The van der Waals surface area contributed by atoms with Gasteiger partial charge in [-0.3, -0.25) is 4.68 Å². The predicted molar refractivity (Wildman–Crippen MR) is 76.2 cm³/mol. The van der Waals surface area contributed by atoms with Crippen molar-refractivity contribution in [3.8, 4) is 5.75 Å². The molecule has 0 aliphatic carbocycles. The number of rotatable bonds is 3. The SMILES string of the molecule is Cn1nc(N)c2c(F)cc(OCC3CCNCC3)cc21. The van der Waals surface area contributed by atoms with E-state index in [9.17, 15) is 4.39 Å². The molecule has 3 rings (SSSR count). The van der Waals surface area contributed by atoms with E-state index in [1.54, 1.807) is 17.8 Å². The van der Waals surface area contributed by atoms with Crippen molar-refractivity contribution < 1.29 is 9.13 Å². The molecule has 1 aromatic heterocycles. The average molecular weight is 278 g/mol. The number of hydrogen-bond donors (Lipinski definition) is 2. The van der Waals surface area contributed by atoms with Crippen molar-refractivity contribution in [3.63, 3.8) is 0 Å². The molecule has 5 nitrogen and oxygen atoms in total. The number of aromatic nitrogens is 2. The summed E-state index contributed by atoms with van der Waals surface area (Å²) in [6.45, 7) is 2.68. The van der Waals surface area contributed by atoms with Gasteiger partial charge in [-0.2, -0.15) is 5.10 Å². The zero-order valence-electron chi connectivity index (χ0n) is 11.5. The summed E-state index contributed by atoms with van der Waals surface area (Å²) in [6.07, 6.45) is 2.20. The minimum absolute atomic E-state index is 0.213. The maximum Gasteiger partial charge on any atom is 0.156 e. The van der Waals surface area contributed by atoms with Gasteiger partial charge < -0.3 is 15.8 Å². The molecule has 0 saturated carbocycles. The van der Waals surface area contributed by atoms with Crippen molar-refractivity contribution in [1.82, 2.24) is 15.1 Å². The zero-order chi connectivity index (χ0) is 14.1. The third-order valence-electron chi connectivity index (χ3n) is 3.85. The van der Waals surface area contributed by atoms with Crippen molar-refractivity contribution in [3.05, 3.63) is 17.9 Å². The molecule has 0 amide bonds. The summed E-state index contributed by atoms with van der Waals surface area (Å²) in [6, 6.07) is 3.18. The van der Waals surface area contributed by atoms with Crippen molar-refractivity contribution >= 4 is 16.7 Å². The van der Waals surface area contributed by atoms with E-state index in [1.165, 1.54) is 6.07 Å². The van der Waals surface area contributed by atoms with E-state index in [-0.39, 0.29) is 11.6 Å². The average Bonchev–Trinajstić information content (AvgIpc) is 2.73. The number of hydrogen-bond acceptors (Lipinski definition) is 4. The van der Waals surface area contributed by atoms with E-state index in [2.05, 4.69) is 10.4 Å². The highest BCUT2D eigenvalue weighted by Gasteiger charge is 2.16. The molecule has 0 radical (unpaired) electrons. The molecule has 0 unspecified atom stereocenters. The molecule has 20 heavy (non-hydrogen) atoms. The lowest BCUT2D eigenvalue weighted by atomic mass is 9.99. The van der Waals surface area contributed by atoms with Crippen LogP contribution in [0, 0.1) is 11.7 Å². The highest BCUT2D eigenvalue weighted by Crippen LogP contribution is 2.28. The maximum atomic E-state index is 14.1. The van der Waals surface area contributed by atoms with E-state index in [0.717, 1.165) is 25.9 Å². The molecule has 0 atom stereocenters. The predicted octanol–water partition coefficient (Wildman–Crippen LogP) is 1.67. The monoisotopic (exact) mass is 278 g/mol. The number of nitrogen functional groups attached to an aromatic ring is 1. The van der Waals surface area contributed by atoms with E-state index >= 15 is 0 Å². The number of piperidine rings is 1. The molecule has 2 heterocycles. The number of halogens is 1. The first-order valence-electron chi connectivity index (χ1n) is 6.90. The van der Waals surface area contributed by atoms with Crippen molar-refractivity contribution in [1.29, 1.82) is 0 Å². The van der Waals surface area contributed by atoms with Crippen LogP contribution < -0.4 is 15.8 Å². The number of aryl methyl sites for hydroxylation is 1. The van der Waals surface area contributed by atoms with Crippen molar-refractivity contribution in [2.24, 2.45) is 13.0 Å². The number of anilines is 1. The Hall–Kier alpha value is -1.82. The van der Waals surface area contributed by atoms with E-state index in [0.29, 0.717) is 29.2 Å². The van der Waals surface area contributed by atoms with Crippen LogP contribution in [0.3, 0.4) is 0 Å². The van der Waals surface area contributed by atoms with Crippen LogP contribution in [0.15, 0.2) is 12.1 Å². The molecule has 6 heteroatoms. The molecule has 0 spiro atoms. The first-order chi connectivity index (χ1) is 9.65. The van der Waals surface area contributed by atoms with Gasteiger partial charge in [-0.25, -0.2) is 4.39 Å². The van der Waals surface area contributed by atoms with Crippen LogP contribution in [-0.2, 0) is 7.05 Å². The van der Waals surface area contributed by atoms with Gasteiger partial charge in [0.1, 0.15) is 11.6 Å². The zero-order valence-corrected chi connectivity index (χ0v) is 11.5. The fourth-order valence-corrected chi connectivity index (χ4v) is 2.69. The van der Waals surface area contributed by atoms with Crippen LogP contribution in [-0.4, -0.2) is 29.5 Å². The van der Waals surface area contributed by atoms with Gasteiger partial charge in [-0.15, -0.1) is 0 Å². The smallest absolute Gasteiger partial charge is 0.156 e. The third kappa shape index (κ3) is 2.43. The van der Waals surface area contributed by atoms with Crippen LogP contribution >= 0.6 is 0 Å². The summed E-state index contributed by atoms with van der Waals surface area (Å²) in [7, 11) is 1.74. The lowest BCUT2D eigenvalue weighted by molar-refractivity contribution is 0.215. The Bertz CT molecular complexity index is 619. The summed E-state index contributed by atoms with van der Waals surface area (Å²) in [4.78, 5) is 0. The molecule has 2 aromatic rings. The Morgan fingerprint density at radius 2 is 2.20 bits per heavy atom. The van der Waals surface area contributed by atoms with Gasteiger partial charge in [-0.05, 0) is 31.8 Å². The van der Waals surface area contributed by atoms with Gasteiger partial charge in [0.25, 0.3) is 0 Å². The second-order valence-corrected chi connectivity index (χ2v) is 5.31. The topological polar surface area (TPSA) is 65.1 Å². The van der Waals surface area contributed by atoms with Crippen molar-refractivity contribution in [2.75, 3.05) is 25.4 Å². The molecule has 1 aliphatic rings. The lowest BCUT2D eigenvalue weighted by Gasteiger charge is -2.22. The summed E-state index contributed by atoms with van der Waals surface area (Å²) in [5.41, 5.74) is 6.35. The summed E-state index contributed by atoms with van der Waals surface area (Å²) in [5.74, 6) is 0.904. The molecule has 108 valence electrons. The van der Waals surface area contributed by atoms with Crippen LogP contribution in [0.1, 0.15) is 12.8 Å². The number of fused-ring (bicyclic) bond motifs is 1. The number of benzene rings is 1. The Morgan fingerprint density at radius 1 is 1.45 bits per heavy atom. The quantitative estimate of drug-likeness (QED) is 0.896. The first-order valence-corrected chi connectivity index (χ1v) is 6.90. The highest BCUT2D eigenvalue weighted by molar-refractivity contribution is 5.90. The van der Waals surface area contributed by atoms with Crippen LogP contribution in [0.25, 0.3) is 10.9 Å². The molecule has 0 bridgehead atoms. The Labute approximate surface area is 116 Å². The number of nitrogens with zero attached hydrogens (tertiary/aromatic N) is 2. The van der Waals surface area contributed by atoms with Gasteiger partial charge in [0.2, 0.25) is 0 Å². The van der Waals surface area contributed by atoms with Gasteiger partial charge in [0, 0.05) is 19.2 Å². The molecule has 1 fully saturated rings. The molecule has 1 saturated heterocycles. The summed E-state index contributed by atoms with van der Waals surface area (Å²) in [5, 5.41) is 7.71. The molecular formula is C14H19FN4O. The summed E-state index contributed by atoms with van der Waals surface area (Å²) >= 11 is 0. The molecular weight excluding hydrogens is 259 g/mol. The summed E-state index contributed by atoms with van der Waals surface area (Å²) < 4.78 is 21.4. The minimum atomic E-state index is -0.381. The van der Waals surface area contributed by atoms with Gasteiger partial charge >= 0.3 is 0 Å². The number of nitrogens with two attached hydrogens (primary N) is 1. The van der Waals surface area contributed by atoms with Crippen LogP contribution in [0.4, 0.5) is 10.2 Å². The van der Waals surface area contributed by atoms with Gasteiger partial charge in [0.15, 0.2) is 5.82 Å². The minimum Gasteiger partial charge on any atom is -0.493 e. The normalized spacial score (nSPS) is 16.7. The van der Waals surface area contributed by atoms with Gasteiger partial charge in [0.05, 0.1) is 17.5 Å². The van der Waals surface area contributed by atoms with E-state index in [4.69, 9.17) is 10.5 Å². The highest BCUT2D eigenvalue weighted by atomic mass is 19.1. The fourth-order valence-electron chi connectivity index (χ4n) is 2.69.